The Bertz CT molecular complexity index is 955. The van der Waals surface area contributed by atoms with Crippen LogP contribution in [0.3, 0.4) is 0 Å². The standard InChI is InChI=1S/C21H19Cl2NO4/c1-12(2)7-8-24-19(25)15-5-4-14(10-16(15)20(24)26)21(27)28-11-13-3-6-17(22)18(23)9-13/h3-6,9-10,12H,7-8,11H2,1-2H3. The van der Waals surface area contributed by atoms with Gasteiger partial charge in [0.15, 0.2) is 0 Å². The fraction of sp³-hybridized carbons (Fsp3) is 0.286. The number of carbonyl (C=O) groups excluding carboxylic acids is 3. The number of rotatable bonds is 6. The number of hydrogen-bond donors (Lipinski definition) is 0. The van der Waals surface area contributed by atoms with Crippen LogP contribution in [0.25, 0.3) is 0 Å². The first kappa shape index (κ1) is 20.4. The lowest BCUT2D eigenvalue weighted by Crippen LogP contribution is -2.31. The summed E-state index contributed by atoms with van der Waals surface area (Å²) in [5, 5.41) is 0.791. The molecule has 0 N–H and O–H groups in total. The van der Waals surface area contributed by atoms with Crippen molar-refractivity contribution in [1.82, 2.24) is 4.90 Å². The van der Waals surface area contributed by atoms with E-state index in [2.05, 4.69) is 0 Å². The maximum absolute atomic E-state index is 12.6. The van der Waals surface area contributed by atoms with E-state index in [4.69, 9.17) is 27.9 Å². The van der Waals surface area contributed by atoms with Crippen LogP contribution < -0.4 is 0 Å². The summed E-state index contributed by atoms with van der Waals surface area (Å²) < 4.78 is 5.29. The highest BCUT2D eigenvalue weighted by Crippen LogP contribution is 2.26. The molecule has 2 amide bonds. The maximum Gasteiger partial charge on any atom is 0.338 e. The van der Waals surface area contributed by atoms with Crippen LogP contribution in [-0.2, 0) is 11.3 Å². The Morgan fingerprint density at radius 1 is 1.00 bits per heavy atom. The summed E-state index contributed by atoms with van der Waals surface area (Å²) in [6, 6.07) is 9.36. The molecule has 2 aromatic rings. The van der Waals surface area contributed by atoms with Gasteiger partial charge < -0.3 is 4.74 Å². The summed E-state index contributed by atoms with van der Waals surface area (Å²) in [7, 11) is 0. The molecule has 3 rings (SSSR count). The second-order valence-corrected chi connectivity index (χ2v) is 7.84. The number of imide groups is 1. The van der Waals surface area contributed by atoms with Gasteiger partial charge in [0.1, 0.15) is 6.61 Å². The molecule has 0 aromatic heterocycles. The summed E-state index contributed by atoms with van der Waals surface area (Å²) in [5.74, 6) is -0.915. The van der Waals surface area contributed by atoms with Gasteiger partial charge in [-0.05, 0) is 48.2 Å². The molecule has 0 radical (unpaired) electrons. The molecule has 0 unspecified atom stereocenters. The van der Waals surface area contributed by atoms with Crippen molar-refractivity contribution in [2.75, 3.05) is 6.54 Å². The molecular weight excluding hydrogens is 401 g/mol. The molecule has 5 nitrogen and oxygen atoms in total. The van der Waals surface area contributed by atoms with Crippen LogP contribution in [0, 0.1) is 5.92 Å². The van der Waals surface area contributed by atoms with Crippen molar-refractivity contribution in [3.8, 4) is 0 Å². The van der Waals surface area contributed by atoms with Crippen LogP contribution in [0.1, 0.15) is 56.9 Å². The molecule has 1 aliphatic heterocycles. The fourth-order valence-corrected chi connectivity index (χ4v) is 3.19. The largest absolute Gasteiger partial charge is 0.457 e. The summed E-state index contributed by atoms with van der Waals surface area (Å²) in [5.41, 5.74) is 1.45. The number of fused-ring (bicyclic) bond motifs is 1. The molecular formula is C21H19Cl2NO4. The topological polar surface area (TPSA) is 63.7 Å². The van der Waals surface area contributed by atoms with Crippen LogP contribution in [-0.4, -0.2) is 29.2 Å². The van der Waals surface area contributed by atoms with Gasteiger partial charge in [-0.2, -0.15) is 0 Å². The number of ether oxygens (including phenoxy) is 1. The number of nitrogens with zero attached hydrogens (tertiary/aromatic N) is 1. The summed E-state index contributed by atoms with van der Waals surface area (Å²) >= 11 is 11.8. The molecule has 0 bridgehead atoms. The molecule has 28 heavy (non-hydrogen) atoms. The highest BCUT2D eigenvalue weighted by Gasteiger charge is 2.35. The Balaban J connectivity index is 1.72. The van der Waals surface area contributed by atoms with Crippen molar-refractivity contribution in [2.24, 2.45) is 5.92 Å². The summed E-state index contributed by atoms with van der Waals surface area (Å²) in [6.07, 6.45) is 0.726. The van der Waals surface area contributed by atoms with Crippen LogP contribution >= 0.6 is 23.2 Å². The third kappa shape index (κ3) is 4.21. The molecule has 0 fully saturated rings. The van der Waals surface area contributed by atoms with Crippen LogP contribution in [0.5, 0.6) is 0 Å². The smallest absolute Gasteiger partial charge is 0.338 e. The van der Waals surface area contributed by atoms with Crippen molar-refractivity contribution >= 4 is 41.0 Å². The van der Waals surface area contributed by atoms with E-state index >= 15 is 0 Å². The van der Waals surface area contributed by atoms with E-state index in [1.807, 2.05) is 13.8 Å². The normalized spacial score (nSPS) is 13.2. The number of halogens is 2. The highest BCUT2D eigenvalue weighted by molar-refractivity contribution is 6.42. The lowest BCUT2D eigenvalue weighted by Gasteiger charge is -2.14. The van der Waals surface area contributed by atoms with Gasteiger partial charge >= 0.3 is 5.97 Å². The van der Waals surface area contributed by atoms with Gasteiger partial charge in [-0.3, -0.25) is 14.5 Å². The molecule has 7 heteroatoms. The lowest BCUT2D eigenvalue weighted by molar-refractivity contribution is 0.0472. The number of amides is 2. The monoisotopic (exact) mass is 419 g/mol. The quantitative estimate of drug-likeness (QED) is 0.488. The van der Waals surface area contributed by atoms with Gasteiger partial charge in [0.05, 0.1) is 26.7 Å². The van der Waals surface area contributed by atoms with Crippen LogP contribution in [0.15, 0.2) is 36.4 Å². The lowest BCUT2D eigenvalue weighted by atomic mass is 10.1. The first-order valence-electron chi connectivity index (χ1n) is 8.89. The van der Waals surface area contributed by atoms with Gasteiger partial charge in [0.25, 0.3) is 11.8 Å². The minimum atomic E-state index is -0.588. The Morgan fingerprint density at radius 3 is 2.39 bits per heavy atom. The Labute approximate surface area is 173 Å². The SMILES string of the molecule is CC(C)CCN1C(=O)c2ccc(C(=O)OCc3ccc(Cl)c(Cl)c3)cc2C1=O. The third-order valence-electron chi connectivity index (χ3n) is 4.49. The van der Waals surface area contributed by atoms with Gasteiger partial charge in [-0.25, -0.2) is 4.79 Å². The van der Waals surface area contributed by atoms with E-state index in [-0.39, 0.29) is 29.5 Å². The molecule has 0 saturated carbocycles. The Kier molecular flexibility index (Phi) is 6.06. The molecule has 2 aromatic carbocycles. The van der Waals surface area contributed by atoms with Crippen molar-refractivity contribution in [3.05, 3.63) is 68.7 Å². The summed E-state index contributed by atoms with van der Waals surface area (Å²) in [6.45, 7) is 4.43. The van der Waals surface area contributed by atoms with Crippen LogP contribution in [0.4, 0.5) is 0 Å². The highest BCUT2D eigenvalue weighted by atomic mass is 35.5. The number of carbonyl (C=O) groups is 3. The van der Waals surface area contributed by atoms with E-state index in [1.54, 1.807) is 18.2 Å². The van der Waals surface area contributed by atoms with Crippen molar-refractivity contribution in [2.45, 2.75) is 26.9 Å². The summed E-state index contributed by atoms with van der Waals surface area (Å²) in [4.78, 5) is 38.6. The average molecular weight is 420 g/mol. The molecule has 146 valence electrons. The van der Waals surface area contributed by atoms with E-state index in [0.717, 1.165) is 6.42 Å². The van der Waals surface area contributed by atoms with Crippen molar-refractivity contribution < 1.29 is 19.1 Å². The van der Waals surface area contributed by atoms with Gasteiger partial charge in [0.2, 0.25) is 0 Å². The zero-order valence-corrected chi connectivity index (χ0v) is 17.0. The number of esters is 1. The van der Waals surface area contributed by atoms with E-state index in [9.17, 15) is 14.4 Å². The first-order valence-corrected chi connectivity index (χ1v) is 9.65. The number of hydrogen-bond acceptors (Lipinski definition) is 4. The maximum atomic E-state index is 12.6. The molecule has 0 spiro atoms. The molecule has 1 heterocycles. The van der Waals surface area contributed by atoms with E-state index in [1.165, 1.54) is 23.1 Å². The van der Waals surface area contributed by atoms with Gasteiger partial charge in [-0.1, -0.05) is 43.1 Å². The van der Waals surface area contributed by atoms with Crippen molar-refractivity contribution in [3.63, 3.8) is 0 Å². The second kappa shape index (κ2) is 8.33. The number of benzene rings is 2. The first-order chi connectivity index (χ1) is 13.3. The van der Waals surface area contributed by atoms with Crippen molar-refractivity contribution in [1.29, 1.82) is 0 Å². The van der Waals surface area contributed by atoms with Crippen LogP contribution in [0.2, 0.25) is 10.0 Å². The Morgan fingerprint density at radius 2 is 1.71 bits per heavy atom. The van der Waals surface area contributed by atoms with Gasteiger partial charge in [0, 0.05) is 6.54 Å². The predicted octanol–water partition coefficient (Wildman–Crippen LogP) is 4.99. The average Bonchev–Trinajstić information content (AvgIpc) is 2.90. The molecule has 0 aliphatic carbocycles. The zero-order valence-electron chi connectivity index (χ0n) is 15.5. The Hall–Kier alpha value is -2.37. The minimum Gasteiger partial charge on any atom is -0.457 e. The minimum absolute atomic E-state index is 0.0141. The molecule has 0 atom stereocenters. The predicted molar refractivity (Wildman–Crippen MR) is 107 cm³/mol. The second-order valence-electron chi connectivity index (χ2n) is 7.03. The zero-order chi connectivity index (χ0) is 20.4. The third-order valence-corrected chi connectivity index (χ3v) is 5.23. The van der Waals surface area contributed by atoms with E-state index < -0.39 is 5.97 Å². The fourth-order valence-electron chi connectivity index (χ4n) is 2.87. The molecule has 0 saturated heterocycles. The van der Waals surface area contributed by atoms with Gasteiger partial charge in [-0.15, -0.1) is 0 Å². The van der Waals surface area contributed by atoms with E-state index in [0.29, 0.717) is 33.6 Å². The molecule has 1 aliphatic rings.